The smallest absolute Gasteiger partial charge is 0.293 e. The first-order valence-electron chi connectivity index (χ1n) is 13.1. The van der Waals surface area contributed by atoms with E-state index in [4.69, 9.17) is 32.6 Å². The summed E-state index contributed by atoms with van der Waals surface area (Å²) in [6, 6.07) is 8.89. The van der Waals surface area contributed by atoms with Gasteiger partial charge in [0.15, 0.2) is 5.75 Å². The van der Waals surface area contributed by atoms with Crippen molar-refractivity contribution >= 4 is 45.5 Å². The molecule has 0 spiro atoms. The summed E-state index contributed by atoms with van der Waals surface area (Å²) in [5, 5.41) is 7.61. The zero-order chi connectivity index (χ0) is 27.7. The first kappa shape index (κ1) is 27.2. The molecule has 0 bridgehead atoms. The Kier molecular flexibility index (Phi) is 7.93. The number of hydrogen-bond acceptors (Lipinski definition) is 7. The SMILES string of the molecule is [C-]#[N+]c1cc(Cl)c(Nc2ccc3c(c2)cc(OCC2CNCCO2)c(=O)n3C)nc1N1C[C@@H](C)C(F)[C@@H](C)C1. The third-order valence-corrected chi connectivity index (χ3v) is 7.63. The molecule has 0 radical (unpaired) electrons. The van der Waals surface area contributed by atoms with E-state index in [0.717, 1.165) is 17.4 Å². The maximum Gasteiger partial charge on any atom is 0.293 e. The number of hydrogen-bond donors (Lipinski definition) is 2. The molecule has 2 aliphatic heterocycles. The highest BCUT2D eigenvalue weighted by atomic mass is 35.5. The van der Waals surface area contributed by atoms with Gasteiger partial charge < -0.3 is 29.6 Å². The number of morpholine rings is 1. The molecular formula is C28H32ClFN6O3. The van der Waals surface area contributed by atoms with Crippen LogP contribution in [0.15, 0.2) is 35.1 Å². The van der Waals surface area contributed by atoms with Crippen LogP contribution in [0, 0.1) is 18.4 Å². The Labute approximate surface area is 231 Å². The molecule has 0 amide bonds. The van der Waals surface area contributed by atoms with Gasteiger partial charge in [0.05, 0.1) is 23.7 Å². The van der Waals surface area contributed by atoms with Crippen molar-refractivity contribution in [1.82, 2.24) is 14.9 Å². The number of fused-ring (bicyclic) bond motifs is 1. The fraction of sp³-hybridized carbons (Fsp3) is 0.464. The summed E-state index contributed by atoms with van der Waals surface area (Å²) in [6.45, 7) is 14.7. The van der Waals surface area contributed by atoms with E-state index in [1.807, 2.05) is 36.9 Å². The van der Waals surface area contributed by atoms with E-state index in [1.165, 1.54) is 0 Å². The Morgan fingerprint density at radius 2 is 2.05 bits per heavy atom. The number of aromatic nitrogens is 2. The first-order valence-corrected chi connectivity index (χ1v) is 13.5. The van der Waals surface area contributed by atoms with Gasteiger partial charge in [0.25, 0.3) is 5.56 Å². The lowest BCUT2D eigenvalue weighted by atomic mass is 9.89. The molecule has 9 nitrogen and oxygen atoms in total. The maximum atomic E-state index is 14.4. The molecular weight excluding hydrogens is 523 g/mol. The van der Waals surface area contributed by atoms with Crippen LogP contribution in [0.4, 0.5) is 27.4 Å². The van der Waals surface area contributed by atoms with E-state index in [9.17, 15) is 9.18 Å². The number of rotatable bonds is 6. The second kappa shape index (κ2) is 11.4. The molecule has 4 heterocycles. The Bertz CT molecular complexity index is 1460. The van der Waals surface area contributed by atoms with Gasteiger partial charge in [-0.2, -0.15) is 0 Å². The van der Waals surface area contributed by atoms with Crippen LogP contribution in [0.3, 0.4) is 0 Å². The van der Waals surface area contributed by atoms with Crippen LogP contribution in [0.1, 0.15) is 13.8 Å². The van der Waals surface area contributed by atoms with E-state index < -0.39 is 6.17 Å². The van der Waals surface area contributed by atoms with Crippen molar-refractivity contribution in [3.8, 4) is 5.75 Å². The van der Waals surface area contributed by atoms with Crippen LogP contribution in [0.5, 0.6) is 5.75 Å². The van der Waals surface area contributed by atoms with E-state index in [1.54, 1.807) is 23.7 Å². The molecule has 2 saturated heterocycles. The Balaban J connectivity index is 1.43. The van der Waals surface area contributed by atoms with E-state index >= 15 is 0 Å². The molecule has 0 saturated carbocycles. The van der Waals surface area contributed by atoms with E-state index in [2.05, 4.69) is 15.5 Å². The van der Waals surface area contributed by atoms with Crippen molar-refractivity contribution in [3.63, 3.8) is 0 Å². The summed E-state index contributed by atoms with van der Waals surface area (Å²) >= 11 is 6.52. The Hall–Kier alpha value is -3.39. The summed E-state index contributed by atoms with van der Waals surface area (Å²) in [5.74, 6) is 0.775. The standard InChI is InChI=1S/C28H32ClFN6O3/c1-16-13-36(14-17(2)25(16)30)27-22(31-3)11-21(29)26(34-27)33-19-5-6-23-18(9-19)10-24(28(37)35(23)4)39-15-20-12-32-7-8-38-20/h5-6,9-11,16-17,20,25,32H,7-8,12-15H2,1-2,4H3,(H,33,34)/t16-,17+,20?,25?. The maximum absolute atomic E-state index is 14.4. The van der Waals surface area contributed by atoms with Crippen LogP contribution in [-0.2, 0) is 11.8 Å². The van der Waals surface area contributed by atoms with Gasteiger partial charge in [-0.3, -0.25) is 4.79 Å². The number of nitrogens with zero attached hydrogens (tertiary/aromatic N) is 4. The number of alkyl halides is 1. The first-order chi connectivity index (χ1) is 18.7. The monoisotopic (exact) mass is 554 g/mol. The van der Waals surface area contributed by atoms with Gasteiger partial charge in [-0.25, -0.2) is 14.2 Å². The van der Waals surface area contributed by atoms with Crippen molar-refractivity contribution in [3.05, 3.63) is 57.1 Å². The predicted octanol–water partition coefficient (Wildman–Crippen LogP) is 4.68. The quantitative estimate of drug-likeness (QED) is 0.428. The molecule has 11 heteroatoms. The van der Waals surface area contributed by atoms with Crippen molar-refractivity contribution in [2.24, 2.45) is 18.9 Å². The van der Waals surface area contributed by atoms with Crippen LogP contribution in [0.25, 0.3) is 15.7 Å². The third kappa shape index (κ3) is 5.66. The number of ether oxygens (including phenoxy) is 2. The van der Waals surface area contributed by atoms with Crippen LogP contribution in [-0.4, -0.2) is 61.2 Å². The second-order valence-electron chi connectivity index (χ2n) is 10.4. The molecule has 5 rings (SSSR count). The summed E-state index contributed by atoms with van der Waals surface area (Å²) in [4.78, 5) is 23.2. The average molecular weight is 555 g/mol. The normalized spacial score (nSPS) is 23.4. The molecule has 2 N–H and O–H groups in total. The Morgan fingerprint density at radius 1 is 1.28 bits per heavy atom. The number of aryl methyl sites for hydroxylation is 1. The summed E-state index contributed by atoms with van der Waals surface area (Å²) in [5.41, 5.74) is 1.55. The summed E-state index contributed by atoms with van der Waals surface area (Å²) < 4.78 is 27.5. The predicted molar refractivity (Wildman–Crippen MR) is 152 cm³/mol. The average Bonchev–Trinajstić information content (AvgIpc) is 2.94. The van der Waals surface area contributed by atoms with Crippen LogP contribution in [0.2, 0.25) is 5.02 Å². The fourth-order valence-electron chi connectivity index (χ4n) is 5.26. The van der Waals surface area contributed by atoms with Gasteiger partial charge in [-0.15, -0.1) is 0 Å². The number of pyridine rings is 2. The minimum atomic E-state index is -0.892. The van der Waals surface area contributed by atoms with E-state index in [-0.39, 0.29) is 35.9 Å². The number of nitrogens with one attached hydrogen (secondary N) is 2. The zero-order valence-corrected chi connectivity index (χ0v) is 23.0. The van der Waals surface area contributed by atoms with E-state index in [0.29, 0.717) is 54.3 Å². The van der Waals surface area contributed by atoms with Gasteiger partial charge in [-0.05, 0) is 30.3 Å². The molecule has 2 aliphatic rings. The second-order valence-corrected chi connectivity index (χ2v) is 10.8. The largest absolute Gasteiger partial charge is 0.485 e. The topological polar surface area (TPSA) is 85.0 Å². The van der Waals surface area contributed by atoms with Gasteiger partial charge in [-0.1, -0.05) is 25.4 Å². The Morgan fingerprint density at radius 3 is 2.74 bits per heavy atom. The highest BCUT2D eigenvalue weighted by Gasteiger charge is 2.33. The highest BCUT2D eigenvalue weighted by Crippen LogP contribution is 2.38. The number of piperidine rings is 1. The van der Waals surface area contributed by atoms with Crippen molar-refractivity contribution in [2.75, 3.05) is 49.6 Å². The number of benzene rings is 1. The fourth-order valence-corrected chi connectivity index (χ4v) is 5.45. The lowest BCUT2D eigenvalue weighted by molar-refractivity contribution is -0.000135. The van der Waals surface area contributed by atoms with Crippen molar-refractivity contribution < 1.29 is 13.9 Å². The summed E-state index contributed by atoms with van der Waals surface area (Å²) in [7, 11) is 1.71. The molecule has 2 aromatic heterocycles. The minimum absolute atomic E-state index is 0.116. The van der Waals surface area contributed by atoms with Gasteiger partial charge in [0, 0.05) is 56.1 Å². The molecule has 206 valence electrons. The molecule has 4 atom stereocenters. The molecule has 2 fully saturated rings. The van der Waals surface area contributed by atoms with Gasteiger partial charge >= 0.3 is 0 Å². The molecule has 2 unspecified atom stereocenters. The lowest BCUT2D eigenvalue weighted by Gasteiger charge is -2.39. The molecule has 0 aliphatic carbocycles. The third-order valence-electron chi connectivity index (χ3n) is 7.34. The lowest BCUT2D eigenvalue weighted by Crippen LogP contribution is -2.46. The molecule has 1 aromatic carbocycles. The van der Waals surface area contributed by atoms with Crippen molar-refractivity contribution in [1.29, 1.82) is 0 Å². The summed E-state index contributed by atoms with van der Waals surface area (Å²) in [6.07, 6.45) is -1.01. The zero-order valence-electron chi connectivity index (χ0n) is 22.2. The highest BCUT2D eigenvalue weighted by molar-refractivity contribution is 6.33. The van der Waals surface area contributed by atoms with Crippen LogP contribution >= 0.6 is 11.6 Å². The molecule has 3 aromatic rings. The van der Waals surface area contributed by atoms with Gasteiger partial charge in [0.2, 0.25) is 5.69 Å². The van der Waals surface area contributed by atoms with Crippen molar-refractivity contribution in [2.45, 2.75) is 26.1 Å². The van der Waals surface area contributed by atoms with Crippen LogP contribution < -0.4 is 25.8 Å². The number of anilines is 3. The molecule has 39 heavy (non-hydrogen) atoms. The number of halogens is 2. The van der Waals surface area contributed by atoms with Gasteiger partial charge in [0.1, 0.15) is 30.5 Å². The minimum Gasteiger partial charge on any atom is -0.485 e.